The lowest BCUT2D eigenvalue weighted by molar-refractivity contribution is 0.233. The van der Waals surface area contributed by atoms with Crippen LogP contribution in [0.4, 0.5) is 8.78 Å². The summed E-state index contributed by atoms with van der Waals surface area (Å²) in [5, 5.41) is 0. The molecule has 4 heteroatoms. The smallest absolute Gasteiger partial charge is 0.144 e. The topological polar surface area (TPSA) is 3.24 Å². The van der Waals surface area contributed by atoms with Crippen LogP contribution in [-0.4, -0.2) is 17.5 Å². The van der Waals surface area contributed by atoms with Crippen LogP contribution < -0.4 is 0 Å². The zero-order valence-electron chi connectivity index (χ0n) is 11.4. The van der Waals surface area contributed by atoms with Crippen molar-refractivity contribution in [3.05, 3.63) is 33.8 Å². The maximum atomic E-state index is 14.0. The van der Waals surface area contributed by atoms with E-state index in [-0.39, 0.29) is 5.56 Å². The van der Waals surface area contributed by atoms with Crippen molar-refractivity contribution in [2.24, 2.45) is 5.92 Å². The first kappa shape index (κ1) is 14.9. The maximum absolute atomic E-state index is 14.0. The van der Waals surface area contributed by atoms with E-state index < -0.39 is 11.6 Å². The fraction of sp³-hybridized carbons (Fsp3) is 0.600. The summed E-state index contributed by atoms with van der Waals surface area (Å²) in [5.41, 5.74) is 0.185. The molecule has 0 aromatic heterocycles. The van der Waals surface area contributed by atoms with Crippen LogP contribution in [0.25, 0.3) is 0 Å². The largest absolute Gasteiger partial charge is 0.296 e. The highest BCUT2D eigenvalue weighted by Crippen LogP contribution is 2.31. The molecule has 0 saturated heterocycles. The van der Waals surface area contributed by atoms with Gasteiger partial charge in [0.2, 0.25) is 0 Å². The highest BCUT2D eigenvalue weighted by Gasteiger charge is 2.30. The number of nitrogens with zero attached hydrogens (tertiary/aromatic N) is 1. The average Bonchev–Trinajstić information content (AvgIpc) is 3.17. The third kappa shape index (κ3) is 3.99. The van der Waals surface area contributed by atoms with Gasteiger partial charge in [0.25, 0.3) is 0 Å². The summed E-state index contributed by atoms with van der Waals surface area (Å²) in [6.45, 7) is 5.62. The lowest BCUT2D eigenvalue weighted by Crippen LogP contribution is -2.28. The molecule has 1 aromatic carbocycles. The van der Waals surface area contributed by atoms with Crippen molar-refractivity contribution in [1.29, 1.82) is 0 Å². The third-order valence-electron chi connectivity index (χ3n) is 3.56. The van der Waals surface area contributed by atoms with Crippen molar-refractivity contribution >= 4 is 15.9 Å². The first-order valence-corrected chi connectivity index (χ1v) is 7.64. The lowest BCUT2D eigenvalue weighted by Gasteiger charge is -2.23. The van der Waals surface area contributed by atoms with Crippen molar-refractivity contribution < 1.29 is 8.78 Å². The Balaban J connectivity index is 2.10. The van der Waals surface area contributed by atoms with Crippen LogP contribution in [-0.2, 0) is 6.54 Å². The summed E-state index contributed by atoms with van der Waals surface area (Å²) < 4.78 is 28.1. The van der Waals surface area contributed by atoms with E-state index in [1.54, 1.807) is 0 Å². The predicted octanol–water partition coefficient (Wildman–Crippen LogP) is 4.74. The van der Waals surface area contributed by atoms with Gasteiger partial charge in [0, 0.05) is 18.2 Å². The molecule has 0 aliphatic heterocycles. The Morgan fingerprint density at radius 2 is 2.00 bits per heavy atom. The molecule has 1 nitrogen and oxygen atoms in total. The van der Waals surface area contributed by atoms with Crippen molar-refractivity contribution in [1.82, 2.24) is 4.90 Å². The molecule has 19 heavy (non-hydrogen) atoms. The van der Waals surface area contributed by atoms with Crippen LogP contribution in [0.5, 0.6) is 0 Å². The molecule has 0 heterocycles. The monoisotopic (exact) mass is 331 g/mol. The van der Waals surface area contributed by atoms with Crippen molar-refractivity contribution in [2.45, 2.75) is 45.7 Å². The molecule has 0 radical (unpaired) electrons. The molecule has 1 aromatic rings. The number of hydrogen-bond acceptors (Lipinski definition) is 1. The van der Waals surface area contributed by atoms with Gasteiger partial charge in [-0.1, -0.05) is 13.8 Å². The molecule has 0 atom stereocenters. The van der Waals surface area contributed by atoms with E-state index in [2.05, 4.69) is 34.7 Å². The standard InChI is InChI=1S/C15H20BrF2N/c1-10(2)7-8-19(11-3-4-11)9-12-14(17)6-5-13(16)15(12)18/h5-6,10-11H,3-4,7-9H2,1-2H3. The number of halogens is 3. The molecule has 0 amide bonds. The van der Waals surface area contributed by atoms with Crippen LogP contribution in [0.3, 0.4) is 0 Å². The van der Waals surface area contributed by atoms with Crippen LogP contribution in [0.2, 0.25) is 0 Å². The zero-order valence-corrected chi connectivity index (χ0v) is 13.0. The number of hydrogen-bond donors (Lipinski definition) is 0. The van der Waals surface area contributed by atoms with E-state index in [0.717, 1.165) is 25.8 Å². The molecule has 1 saturated carbocycles. The molecule has 2 rings (SSSR count). The normalized spacial score (nSPS) is 15.5. The summed E-state index contributed by atoms with van der Waals surface area (Å²) in [6.07, 6.45) is 3.36. The molecule has 0 N–H and O–H groups in total. The molecular weight excluding hydrogens is 312 g/mol. The fourth-order valence-corrected chi connectivity index (χ4v) is 2.54. The highest BCUT2D eigenvalue weighted by atomic mass is 79.9. The second-order valence-electron chi connectivity index (χ2n) is 5.71. The number of benzene rings is 1. The Bertz CT molecular complexity index is 444. The first-order chi connectivity index (χ1) is 8.99. The molecule has 1 aliphatic rings. The van der Waals surface area contributed by atoms with E-state index in [1.807, 2.05) is 0 Å². The third-order valence-corrected chi connectivity index (χ3v) is 4.17. The minimum absolute atomic E-state index is 0.185. The average molecular weight is 332 g/mol. The minimum atomic E-state index is -0.463. The summed E-state index contributed by atoms with van der Waals surface area (Å²) >= 11 is 3.12. The summed E-state index contributed by atoms with van der Waals surface area (Å²) in [7, 11) is 0. The van der Waals surface area contributed by atoms with E-state index >= 15 is 0 Å². The van der Waals surface area contributed by atoms with Gasteiger partial charge in [-0.15, -0.1) is 0 Å². The summed E-state index contributed by atoms with van der Waals surface area (Å²) in [6, 6.07) is 3.26. The number of rotatable bonds is 6. The SMILES string of the molecule is CC(C)CCN(Cc1c(F)ccc(Br)c1F)C1CC1. The summed E-state index contributed by atoms with van der Waals surface area (Å²) in [4.78, 5) is 2.22. The fourth-order valence-electron chi connectivity index (χ4n) is 2.17. The van der Waals surface area contributed by atoms with Crippen LogP contribution in [0.1, 0.15) is 38.7 Å². The molecule has 0 unspecified atom stereocenters. The minimum Gasteiger partial charge on any atom is -0.296 e. The van der Waals surface area contributed by atoms with E-state index in [9.17, 15) is 8.78 Å². The van der Waals surface area contributed by atoms with Crippen LogP contribution in [0.15, 0.2) is 16.6 Å². The molecule has 0 spiro atoms. The Morgan fingerprint density at radius 3 is 2.58 bits per heavy atom. The van der Waals surface area contributed by atoms with Gasteiger partial charge in [0.1, 0.15) is 11.6 Å². The van der Waals surface area contributed by atoms with Gasteiger partial charge in [-0.05, 0) is 59.8 Å². The first-order valence-electron chi connectivity index (χ1n) is 6.85. The Labute approximate surface area is 122 Å². The van der Waals surface area contributed by atoms with Crippen molar-refractivity contribution in [2.75, 3.05) is 6.54 Å². The maximum Gasteiger partial charge on any atom is 0.144 e. The Hall–Kier alpha value is -0.480. The molecule has 1 fully saturated rings. The van der Waals surface area contributed by atoms with Gasteiger partial charge in [-0.2, -0.15) is 0 Å². The molecular formula is C15H20BrF2N. The van der Waals surface area contributed by atoms with E-state index in [1.165, 1.54) is 12.1 Å². The second-order valence-corrected chi connectivity index (χ2v) is 6.56. The zero-order chi connectivity index (χ0) is 14.0. The van der Waals surface area contributed by atoms with Gasteiger partial charge in [0.15, 0.2) is 0 Å². The van der Waals surface area contributed by atoms with E-state index in [4.69, 9.17) is 0 Å². The Kier molecular flexibility index (Phi) is 4.96. The highest BCUT2D eigenvalue weighted by molar-refractivity contribution is 9.10. The van der Waals surface area contributed by atoms with E-state index in [0.29, 0.717) is 23.0 Å². The van der Waals surface area contributed by atoms with Crippen molar-refractivity contribution in [3.8, 4) is 0 Å². The predicted molar refractivity (Wildman–Crippen MR) is 76.9 cm³/mol. The second kappa shape index (κ2) is 6.31. The molecule has 1 aliphatic carbocycles. The van der Waals surface area contributed by atoms with Crippen LogP contribution >= 0.6 is 15.9 Å². The van der Waals surface area contributed by atoms with Gasteiger partial charge in [0.05, 0.1) is 4.47 Å². The summed E-state index contributed by atoms with van der Waals surface area (Å²) in [5.74, 6) is -0.301. The molecule has 0 bridgehead atoms. The van der Waals surface area contributed by atoms with Gasteiger partial charge < -0.3 is 0 Å². The van der Waals surface area contributed by atoms with Crippen LogP contribution in [0, 0.1) is 17.6 Å². The molecule has 106 valence electrons. The van der Waals surface area contributed by atoms with Crippen molar-refractivity contribution in [3.63, 3.8) is 0 Å². The van der Waals surface area contributed by atoms with Gasteiger partial charge in [-0.25, -0.2) is 8.78 Å². The quantitative estimate of drug-likeness (QED) is 0.680. The lowest BCUT2D eigenvalue weighted by atomic mass is 10.1. The van der Waals surface area contributed by atoms with Gasteiger partial charge in [-0.3, -0.25) is 4.90 Å². The Morgan fingerprint density at radius 1 is 1.32 bits per heavy atom. The van der Waals surface area contributed by atoms with Gasteiger partial charge >= 0.3 is 0 Å².